The van der Waals surface area contributed by atoms with Crippen LogP contribution in [0, 0.1) is 0 Å². The van der Waals surface area contributed by atoms with Crippen molar-refractivity contribution in [2.45, 2.75) is 25.8 Å². The van der Waals surface area contributed by atoms with Gasteiger partial charge in [-0.05, 0) is 19.3 Å². The first-order valence-electron chi connectivity index (χ1n) is 9.82. The van der Waals surface area contributed by atoms with Crippen molar-refractivity contribution in [3.63, 3.8) is 0 Å². The number of piperazine rings is 1. The Morgan fingerprint density at radius 2 is 1.64 bits per heavy atom. The Morgan fingerprint density at radius 3 is 2.46 bits per heavy atom. The molecule has 146 valence electrons. The molecule has 3 aromatic heterocycles. The van der Waals surface area contributed by atoms with E-state index in [9.17, 15) is 0 Å². The second kappa shape index (κ2) is 7.31. The van der Waals surface area contributed by atoms with Crippen LogP contribution < -0.4 is 9.80 Å². The van der Waals surface area contributed by atoms with E-state index in [-0.39, 0.29) is 0 Å². The van der Waals surface area contributed by atoms with E-state index < -0.39 is 0 Å². The molecule has 5 rings (SSSR count). The Hall–Kier alpha value is -2.81. The van der Waals surface area contributed by atoms with Gasteiger partial charge in [0.05, 0.1) is 12.9 Å². The Bertz CT molecular complexity index is 979. The largest absolute Gasteiger partial charge is 0.383 e. The van der Waals surface area contributed by atoms with Crippen LogP contribution in [0.2, 0.25) is 0 Å². The van der Waals surface area contributed by atoms with Crippen LogP contribution in [0.5, 0.6) is 0 Å². The quantitative estimate of drug-likeness (QED) is 0.650. The molecule has 0 bridgehead atoms. The third-order valence-electron chi connectivity index (χ3n) is 5.65. The van der Waals surface area contributed by atoms with Gasteiger partial charge in [-0.3, -0.25) is 0 Å². The van der Waals surface area contributed by atoms with Crippen LogP contribution in [-0.4, -0.2) is 69.4 Å². The van der Waals surface area contributed by atoms with Gasteiger partial charge in [-0.2, -0.15) is 0 Å². The molecule has 1 aliphatic carbocycles. The maximum Gasteiger partial charge on any atom is 0.165 e. The van der Waals surface area contributed by atoms with Crippen LogP contribution in [0.3, 0.4) is 0 Å². The third-order valence-corrected chi connectivity index (χ3v) is 5.65. The maximum absolute atomic E-state index is 5.18. The van der Waals surface area contributed by atoms with Gasteiger partial charge in [0.1, 0.15) is 18.5 Å². The smallest absolute Gasteiger partial charge is 0.165 e. The van der Waals surface area contributed by atoms with E-state index in [1.165, 1.54) is 17.7 Å². The number of hydrogen-bond acceptors (Lipinski definition) is 8. The summed E-state index contributed by atoms with van der Waals surface area (Å²) in [6, 6.07) is 0. The molecular formula is C19H24N8O. The maximum atomic E-state index is 5.18. The molecular weight excluding hydrogens is 356 g/mol. The highest BCUT2D eigenvalue weighted by Gasteiger charge is 2.26. The molecule has 3 aromatic rings. The van der Waals surface area contributed by atoms with Crippen molar-refractivity contribution >= 4 is 22.8 Å². The van der Waals surface area contributed by atoms with Crippen LogP contribution in [-0.2, 0) is 24.1 Å². The first-order chi connectivity index (χ1) is 13.8. The van der Waals surface area contributed by atoms with E-state index in [0.717, 1.165) is 68.4 Å². The van der Waals surface area contributed by atoms with Crippen molar-refractivity contribution in [1.29, 1.82) is 0 Å². The summed E-state index contributed by atoms with van der Waals surface area (Å²) >= 11 is 0. The molecule has 2 aliphatic rings. The van der Waals surface area contributed by atoms with Crippen molar-refractivity contribution in [2.24, 2.45) is 0 Å². The fourth-order valence-electron chi connectivity index (χ4n) is 4.20. The summed E-state index contributed by atoms with van der Waals surface area (Å²) < 4.78 is 7.20. The summed E-state index contributed by atoms with van der Waals surface area (Å²) in [7, 11) is 1.70. The minimum Gasteiger partial charge on any atom is -0.383 e. The SMILES string of the molecule is COCCn1cnc2c(N3CCN(c4ncnc5c4CCC5)CC3)ncnc21. The zero-order valence-corrected chi connectivity index (χ0v) is 16.1. The lowest BCUT2D eigenvalue weighted by atomic mass is 10.2. The highest BCUT2D eigenvalue weighted by atomic mass is 16.5. The van der Waals surface area contributed by atoms with Gasteiger partial charge >= 0.3 is 0 Å². The van der Waals surface area contributed by atoms with Crippen LogP contribution in [0.15, 0.2) is 19.0 Å². The Kier molecular flexibility index (Phi) is 4.52. The van der Waals surface area contributed by atoms with E-state index in [1.807, 2.05) is 10.9 Å². The van der Waals surface area contributed by atoms with E-state index >= 15 is 0 Å². The van der Waals surface area contributed by atoms with Crippen molar-refractivity contribution in [2.75, 3.05) is 49.7 Å². The number of hydrogen-bond donors (Lipinski definition) is 0. The van der Waals surface area contributed by atoms with Crippen molar-refractivity contribution in [1.82, 2.24) is 29.5 Å². The molecule has 1 saturated heterocycles. The molecule has 1 fully saturated rings. The highest BCUT2D eigenvalue weighted by Crippen LogP contribution is 2.29. The molecule has 0 spiro atoms. The standard InChI is InChI=1S/C19H24N8O/c1-28-10-9-27-13-24-16-18(22-12-23-19(16)27)26-7-5-25(6-8-26)17-14-3-2-4-15(14)20-11-21-17/h11-13H,2-10H2,1H3. The number of nitrogens with zero attached hydrogens (tertiary/aromatic N) is 8. The summed E-state index contributed by atoms with van der Waals surface area (Å²) in [6.07, 6.45) is 8.53. The lowest BCUT2D eigenvalue weighted by Gasteiger charge is -2.36. The number of fused-ring (bicyclic) bond motifs is 2. The molecule has 4 heterocycles. The van der Waals surface area contributed by atoms with Gasteiger partial charge in [-0.15, -0.1) is 0 Å². The second-order valence-electron chi connectivity index (χ2n) is 7.25. The Labute approximate surface area is 163 Å². The first-order valence-corrected chi connectivity index (χ1v) is 9.82. The molecule has 0 radical (unpaired) electrons. The summed E-state index contributed by atoms with van der Waals surface area (Å²) in [5.41, 5.74) is 4.29. The average molecular weight is 380 g/mol. The zero-order valence-electron chi connectivity index (χ0n) is 16.1. The van der Waals surface area contributed by atoms with Crippen molar-refractivity contribution in [3.05, 3.63) is 30.2 Å². The van der Waals surface area contributed by atoms with Gasteiger partial charge in [0.15, 0.2) is 17.0 Å². The van der Waals surface area contributed by atoms with Gasteiger partial charge in [0, 0.05) is 51.1 Å². The van der Waals surface area contributed by atoms with Crippen LogP contribution >= 0.6 is 0 Å². The summed E-state index contributed by atoms with van der Waals surface area (Å²) in [6.45, 7) is 4.97. The van der Waals surface area contributed by atoms with Gasteiger partial charge in [0.25, 0.3) is 0 Å². The number of aryl methyl sites for hydroxylation is 1. The first kappa shape index (κ1) is 17.3. The van der Waals surface area contributed by atoms with Crippen LogP contribution in [0.25, 0.3) is 11.2 Å². The molecule has 0 unspecified atom stereocenters. The molecule has 28 heavy (non-hydrogen) atoms. The minimum absolute atomic E-state index is 0.632. The molecule has 9 nitrogen and oxygen atoms in total. The number of imidazole rings is 1. The predicted molar refractivity (Wildman–Crippen MR) is 106 cm³/mol. The summed E-state index contributed by atoms with van der Waals surface area (Å²) in [5.74, 6) is 2.03. The minimum atomic E-state index is 0.632. The molecule has 9 heteroatoms. The fourth-order valence-corrected chi connectivity index (χ4v) is 4.20. The zero-order chi connectivity index (χ0) is 18.9. The Balaban J connectivity index is 1.35. The number of methoxy groups -OCH3 is 1. The van der Waals surface area contributed by atoms with Gasteiger partial charge in [-0.1, -0.05) is 0 Å². The molecule has 0 aromatic carbocycles. The third kappa shape index (κ3) is 2.95. The van der Waals surface area contributed by atoms with E-state index in [4.69, 9.17) is 4.74 Å². The lowest BCUT2D eigenvalue weighted by Crippen LogP contribution is -2.47. The van der Waals surface area contributed by atoms with Crippen molar-refractivity contribution < 1.29 is 4.74 Å². The number of ether oxygens (including phenoxy) is 1. The van der Waals surface area contributed by atoms with Gasteiger partial charge < -0.3 is 19.1 Å². The van der Waals surface area contributed by atoms with E-state index in [1.54, 1.807) is 19.8 Å². The van der Waals surface area contributed by atoms with Gasteiger partial charge in [0.2, 0.25) is 0 Å². The van der Waals surface area contributed by atoms with E-state index in [2.05, 4.69) is 34.7 Å². The highest BCUT2D eigenvalue weighted by molar-refractivity contribution is 5.83. The second-order valence-corrected chi connectivity index (χ2v) is 7.25. The topological polar surface area (TPSA) is 85.1 Å². The normalized spacial score (nSPS) is 16.8. The van der Waals surface area contributed by atoms with E-state index in [0.29, 0.717) is 6.61 Å². The number of anilines is 2. The van der Waals surface area contributed by atoms with Crippen LogP contribution in [0.4, 0.5) is 11.6 Å². The average Bonchev–Trinajstić information content (AvgIpc) is 3.39. The number of aromatic nitrogens is 6. The Morgan fingerprint density at radius 1 is 0.893 bits per heavy atom. The van der Waals surface area contributed by atoms with Crippen LogP contribution in [0.1, 0.15) is 17.7 Å². The lowest BCUT2D eigenvalue weighted by molar-refractivity contribution is 0.188. The molecule has 0 atom stereocenters. The molecule has 0 N–H and O–H groups in total. The number of rotatable bonds is 5. The fraction of sp³-hybridized carbons (Fsp3) is 0.526. The predicted octanol–water partition coefficient (Wildman–Crippen LogP) is 1.08. The molecule has 1 aliphatic heterocycles. The monoisotopic (exact) mass is 380 g/mol. The molecule has 0 saturated carbocycles. The summed E-state index contributed by atoms with van der Waals surface area (Å²) in [4.78, 5) is 27.3. The summed E-state index contributed by atoms with van der Waals surface area (Å²) in [5, 5.41) is 0. The molecule has 0 amide bonds. The van der Waals surface area contributed by atoms with Gasteiger partial charge in [-0.25, -0.2) is 24.9 Å². The van der Waals surface area contributed by atoms with Crippen molar-refractivity contribution in [3.8, 4) is 0 Å².